The van der Waals surface area contributed by atoms with E-state index in [1.165, 1.54) is 11.8 Å². The highest BCUT2D eigenvalue weighted by Gasteiger charge is 2.28. The van der Waals surface area contributed by atoms with Gasteiger partial charge >= 0.3 is 0 Å². The van der Waals surface area contributed by atoms with Crippen LogP contribution in [-0.2, 0) is 16.1 Å². The zero-order valence-electron chi connectivity index (χ0n) is 16.7. The molecule has 7 heteroatoms. The number of hydrogen-bond acceptors (Lipinski definition) is 3. The van der Waals surface area contributed by atoms with Crippen molar-refractivity contribution in [2.45, 2.75) is 44.2 Å². The summed E-state index contributed by atoms with van der Waals surface area (Å²) in [6, 6.07) is 14.2. The third-order valence-corrected chi connectivity index (χ3v) is 6.03. The van der Waals surface area contributed by atoms with Crippen molar-refractivity contribution in [3.05, 3.63) is 64.1 Å². The predicted molar refractivity (Wildman–Crippen MR) is 122 cm³/mol. The zero-order chi connectivity index (χ0) is 21.2. The Hall–Kier alpha value is -1.69. The van der Waals surface area contributed by atoms with Crippen LogP contribution in [0.3, 0.4) is 0 Å². The van der Waals surface area contributed by atoms with E-state index in [2.05, 4.69) is 5.32 Å². The fourth-order valence-electron chi connectivity index (χ4n) is 2.85. The second-order valence-electron chi connectivity index (χ2n) is 6.57. The maximum absolute atomic E-state index is 13.1. The van der Waals surface area contributed by atoms with Crippen molar-refractivity contribution in [1.82, 2.24) is 10.2 Å². The van der Waals surface area contributed by atoms with Gasteiger partial charge in [0.1, 0.15) is 6.04 Å². The van der Waals surface area contributed by atoms with Gasteiger partial charge in [-0.2, -0.15) is 0 Å². The van der Waals surface area contributed by atoms with Gasteiger partial charge in [0.25, 0.3) is 0 Å². The summed E-state index contributed by atoms with van der Waals surface area (Å²) in [4.78, 5) is 28.4. The summed E-state index contributed by atoms with van der Waals surface area (Å²) < 4.78 is 0. The number of rotatable bonds is 10. The fraction of sp³-hybridized carbons (Fsp3) is 0.364. The lowest BCUT2D eigenvalue weighted by molar-refractivity contribution is -0.139. The van der Waals surface area contributed by atoms with Crippen LogP contribution >= 0.6 is 35.0 Å². The van der Waals surface area contributed by atoms with Gasteiger partial charge in [0, 0.05) is 28.0 Å². The number of carbonyl (C=O) groups excluding carboxylic acids is 2. The summed E-state index contributed by atoms with van der Waals surface area (Å²) >= 11 is 13.7. The second kappa shape index (κ2) is 12.1. The summed E-state index contributed by atoms with van der Waals surface area (Å²) in [6.45, 7) is 4.78. The SMILES string of the molecule is CCCNC(=O)[C@H](CC)N(Cc1ccccc1Cl)C(=O)CSc1ccc(Cl)cc1. The first-order chi connectivity index (χ1) is 14.0. The molecule has 0 aliphatic carbocycles. The van der Waals surface area contributed by atoms with E-state index in [1.54, 1.807) is 23.1 Å². The van der Waals surface area contributed by atoms with Crippen molar-refractivity contribution < 1.29 is 9.59 Å². The molecule has 2 aromatic carbocycles. The molecular formula is C22H26Cl2N2O2S. The lowest BCUT2D eigenvalue weighted by Crippen LogP contribution is -2.49. The van der Waals surface area contributed by atoms with Crippen LogP contribution < -0.4 is 5.32 Å². The Kier molecular flexibility index (Phi) is 9.85. The molecule has 156 valence electrons. The first kappa shape index (κ1) is 23.6. The predicted octanol–water partition coefficient (Wildman–Crippen LogP) is 5.42. The number of carbonyl (C=O) groups is 2. The van der Waals surface area contributed by atoms with Gasteiger partial charge in [-0.15, -0.1) is 11.8 Å². The highest BCUT2D eigenvalue weighted by molar-refractivity contribution is 8.00. The molecule has 0 aliphatic heterocycles. The van der Waals surface area contributed by atoms with Gasteiger partial charge < -0.3 is 10.2 Å². The Morgan fingerprint density at radius 1 is 1.07 bits per heavy atom. The topological polar surface area (TPSA) is 49.4 Å². The Morgan fingerprint density at radius 2 is 1.76 bits per heavy atom. The summed E-state index contributed by atoms with van der Waals surface area (Å²) in [7, 11) is 0. The third kappa shape index (κ3) is 7.25. The minimum atomic E-state index is -0.545. The Labute approximate surface area is 187 Å². The zero-order valence-corrected chi connectivity index (χ0v) is 19.0. The van der Waals surface area contributed by atoms with Crippen molar-refractivity contribution >= 4 is 46.8 Å². The summed E-state index contributed by atoms with van der Waals surface area (Å²) in [5.41, 5.74) is 0.820. The molecule has 0 fully saturated rings. The number of amides is 2. The number of halogens is 2. The average Bonchev–Trinajstić information content (AvgIpc) is 2.72. The number of nitrogens with one attached hydrogen (secondary N) is 1. The minimum absolute atomic E-state index is 0.108. The van der Waals surface area contributed by atoms with Crippen molar-refractivity contribution in [3.8, 4) is 0 Å². The smallest absolute Gasteiger partial charge is 0.242 e. The van der Waals surface area contributed by atoms with Gasteiger partial charge in [-0.05, 0) is 48.7 Å². The van der Waals surface area contributed by atoms with E-state index in [-0.39, 0.29) is 24.1 Å². The Bertz CT molecular complexity index is 815. The highest BCUT2D eigenvalue weighted by Crippen LogP contribution is 2.24. The van der Waals surface area contributed by atoms with Crippen LogP contribution in [0.2, 0.25) is 10.0 Å². The number of benzene rings is 2. The van der Waals surface area contributed by atoms with Crippen LogP contribution in [0, 0.1) is 0 Å². The van der Waals surface area contributed by atoms with Gasteiger partial charge in [-0.25, -0.2) is 0 Å². The van der Waals surface area contributed by atoms with Gasteiger partial charge in [0.05, 0.1) is 5.75 Å². The summed E-state index contributed by atoms with van der Waals surface area (Å²) in [6.07, 6.45) is 1.37. The summed E-state index contributed by atoms with van der Waals surface area (Å²) in [5, 5.41) is 4.15. The lowest BCUT2D eigenvalue weighted by Gasteiger charge is -2.31. The fourth-order valence-corrected chi connectivity index (χ4v) is 3.96. The molecule has 2 rings (SSSR count). The van der Waals surface area contributed by atoms with E-state index in [4.69, 9.17) is 23.2 Å². The van der Waals surface area contributed by atoms with Crippen LogP contribution in [-0.4, -0.2) is 35.1 Å². The van der Waals surface area contributed by atoms with Crippen LogP contribution in [0.4, 0.5) is 0 Å². The molecule has 0 aliphatic rings. The minimum Gasteiger partial charge on any atom is -0.354 e. The molecule has 0 aromatic heterocycles. The van der Waals surface area contributed by atoms with E-state index >= 15 is 0 Å². The number of thioether (sulfide) groups is 1. The first-order valence-electron chi connectivity index (χ1n) is 9.65. The quantitative estimate of drug-likeness (QED) is 0.489. The van der Waals surface area contributed by atoms with Crippen molar-refractivity contribution in [2.75, 3.05) is 12.3 Å². The van der Waals surface area contributed by atoms with Gasteiger partial charge in [0.2, 0.25) is 11.8 Å². The monoisotopic (exact) mass is 452 g/mol. The van der Waals surface area contributed by atoms with E-state index < -0.39 is 6.04 Å². The normalized spacial score (nSPS) is 11.7. The molecule has 0 heterocycles. The molecule has 2 aromatic rings. The Balaban J connectivity index is 2.19. The second-order valence-corrected chi connectivity index (χ2v) is 8.46. The van der Waals surface area contributed by atoms with E-state index in [0.717, 1.165) is 16.9 Å². The van der Waals surface area contributed by atoms with E-state index in [1.807, 2.05) is 44.2 Å². The largest absolute Gasteiger partial charge is 0.354 e. The average molecular weight is 453 g/mol. The van der Waals surface area contributed by atoms with Crippen LogP contribution in [0.15, 0.2) is 53.4 Å². The molecule has 1 N–H and O–H groups in total. The molecule has 29 heavy (non-hydrogen) atoms. The molecule has 2 amide bonds. The van der Waals surface area contributed by atoms with Crippen molar-refractivity contribution in [1.29, 1.82) is 0 Å². The lowest BCUT2D eigenvalue weighted by atomic mass is 10.1. The van der Waals surface area contributed by atoms with E-state index in [9.17, 15) is 9.59 Å². The van der Waals surface area contributed by atoms with Gasteiger partial charge in [-0.3, -0.25) is 9.59 Å². The van der Waals surface area contributed by atoms with Crippen molar-refractivity contribution in [2.24, 2.45) is 0 Å². The van der Waals surface area contributed by atoms with Gasteiger partial charge in [0.15, 0.2) is 0 Å². The maximum atomic E-state index is 13.1. The molecule has 4 nitrogen and oxygen atoms in total. The molecule has 0 unspecified atom stereocenters. The molecular weight excluding hydrogens is 427 g/mol. The molecule has 0 saturated heterocycles. The molecule has 0 radical (unpaired) electrons. The Morgan fingerprint density at radius 3 is 2.38 bits per heavy atom. The molecule has 0 spiro atoms. The number of nitrogens with zero attached hydrogens (tertiary/aromatic N) is 1. The maximum Gasteiger partial charge on any atom is 0.242 e. The molecule has 1 atom stereocenters. The standard InChI is InChI=1S/C22H26Cl2N2O2S/c1-3-13-25-22(28)20(4-2)26(14-16-7-5-6-8-19(16)24)21(27)15-29-18-11-9-17(23)10-12-18/h5-12,20H,3-4,13-15H2,1-2H3,(H,25,28)/t20-/m0/s1. The summed E-state index contributed by atoms with van der Waals surface area (Å²) in [5.74, 6) is -0.0153. The molecule has 0 bridgehead atoms. The van der Waals surface area contributed by atoms with Gasteiger partial charge in [-0.1, -0.05) is 55.2 Å². The van der Waals surface area contributed by atoms with E-state index in [0.29, 0.717) is 23.0 Å². The van der Waals surface area contributed by atoms with Crippen LogP contribution in [0.25, 0.3) is 0 Å². The van der Waals surface area contributed by atoms with Crippen LogP contribution in [0.1, 0.15) is 32.3 Å². The third-order valence-electron chi connectivity index (χ3n) is 4.41. The highest BCUT2D eigenvalue weighted by atomic mass is 35.5. The van der Waals surface area contributed by atoms with Crippen molar-refractivity contribution in [3.63, 3.8) is 0 Å². The first-order valence-corrected chi connectivity index (χ1v) is 11.4. The van der Waals surface area contributed by atoms with Crippen LogP contribution in [0.5, 0.6) is 0 Å². The number of hydrogen-bond donors (Lipinski definition) is 1. The molecule has 0 saturated carbocycles.